The van der Waals surface area contributed by atoms with Crippen LogP contribution in [-0.2, 0) is 13.0 Å². The van der Waals surface area contributed by atoms with Gasteiger partial charge in [0.25, 0.3) is 0 Å². The Bertz CT molecular complexity index is 1650. The molecule has 1 aromatic carbocycles. The number of allylic oxidation sites excluding steroid dienone is 3. The summed E-state index contributed by atoms with van der Waals surface area (Å²) in [5.74, 6) is 0.743. The number of fused-ring (bicyclic) bond motifs is 2. The first-order valence-electron chi connectivity index (χ1n) is 13.2. The van der Waals surface area contributed by atoms with Gasteiger partial charge in [-0.05, 0) is 61.6 Å². The fourth-order valence-electron chi connectivity index (χ4n) is 5.00. The number of ether oxygens (including phenoxy) is 1. The third-order valence-corrected chi connectivity index (χ3v) is 7.92. The average Bonchev–Trinajstić information content (AvgIpc) is 3.44. The SMILES string of the molecule is CN(C)CCOc1cncc(-c2ccc3c(c2)C(c2cc4c([nH]2)CC(N)=CC=C4c2ccc(F)s2)=NCNC3)c1. The van der Waals surface area contributed by atoms with E-state index in [0.29, 0.717) is 26.2 Å². The van der Waals surface area contributed by atoms with Gasteiger partial charge in [0.15, 0.2) is 5.13 Å². The van der Waals surface area contributed by atoms with Crippen molar-refractivity contribution in [3.05, 3.63) is 111 Å². The van der Waals surface area contributed by atoms with E-state index in [9.17, 15) is 4.39 Å². The lowest BCUT2D eigenvalue weighted by Gasteiger charge is -2.13. The molecule has 0 amide bonds. The van der Waals surface area contributed by atoms with Crippen molar-refractivity contribution in [3.8, 4) is 16.9 Å². The number of benzene rings is 1. The molecular weight excluding hydrogens is 523 g/mol. The molecule has 4 heterocycles. The summed E-state index contributed by atoms with van der Waals surface area (Å²) in [6.45, 7) is 2.64. The largest absolute Gasteiger partial charge is 0.491 e. The van der Waals surface area contributed by atoms with Gasteiger partial charge in [-0.2, -0.15) is 4.39 Å². The molecule has 204 valence electrons. The van der Waals surface area contributed by atoms with Gasteiger partial charge in [0.1, 0.15) is 12.4 Å². The number of aromatic nitrogens is 2. The highest BCUT2D eigenvalue weighted by Gasteiger charge is 2.23. The van der Waals surface area contributed by atoms with Gasteiger partial charge in [-0.3, -0.25) is 15.3 Å². The Morgan fingerprint density at radius 1 is 1.05 bits per heavy atom. The molecule has 0 fully saturated rings. The number of likely N-dealkylation sites (N-methyl/N-ethyl adjacent to an activating group) is 1. The number of aliphatic imine (C=N–C) groups is 1. The second-order valence-corrected chi connectivity index (χ2v) is 11.2. The number of nitrogens with one attached hydrogen (secondary N) is 2. The number of thiophene rings is 1. The standard InChI is InChI=1S/C31H31FN6OS/c1-38(2)9-10-39-23-11-21(16-34-17-23)19-3-4-20-15-35-18-36-31(25(20)12-19)28-14-26-24(29-7-8-30(32)40-29)6-5-22(33)13-27(26)37-28/h3-8,11-12,14,16-17,35,37H,9-10,13,15,18,33H2,1-2H3. The second kappa shape index (κ2) is 11.2. The molecule has 0 spiro atoms. The highest BCUT2D eigenvalue weighted by Crippen LogP contribution is 2.35. The fourth-order valence-corrected chi connectivity index (χ4v) is 5.77. The number of hydrogen-bond acceptors (Lipinski definition) is 7. The van der Waals surface area contributed by atoms with Gasteiger partial charge in [-0.15, -0.1) is 11.3 Å². The summed E-state index contributed by atoms with van der Waals surface area (Å²) >= 11 is 1.13. The van der Waals surface area contributed by atoms with Crippen LogP contribution in [0.5, 0.6) is 5.75 Å². The van der Waals surface area contributed by atoms with Crippen LogP contribution in [0.15, 0.2) is 77.7 Å². The predicted molar refractivity (Wildman–Crippen MR) is 159 cm³/mol. The zero-order valence-corrected chi connectivity index (χ0v) is 23.3. The van der Waals surface area contributed by atoms with Crippen LogP contribution >= 0.6 is 11.3 Å². The number of aromatic amines is 1. The van der Waals surface area contributed by atoms with Crippen molar-refractivity contribution in [2.45, 2.75) is 13.0 Å². The molecule has 6 rings (SSSR count). The maximum Gasteiger partial charge on any atom is 0.176 e. The zero-order chi connectivity index (χ0) is 27.6. The van der Waals surface area contributed by atoms with E-state index in [4.69, 9.17) is 15.5 Å². The molecule has 40 heavy (non-hydrogen) atoms. The summed E-state index contributed by atoms with van der Waals surface area (Å²) in [4.78, 5) is 15.9. The maximum absolute atomic E-state index is 13.9. The quantitative estimate of drug-likeness (QED) is 0.301. The van der Waals surface area contributed by atoms with E-state index in [2.05, 4.69) is 44.5 Å². The molecule has 0 unspecified atom stereocenters. The Kier molecular flexibility index (Phi) is 7.34. The van der Waals surface area contributed by atoms with Gasteiger partial charge >= 0.3 is 0 Å². The van der Waals surface area contributed by atoms with Crippen molar-refractivity contribution >= 4 is 22.6 Å². The molecule has 2 aliphatic rings. The predicted octanol–water partition coefficient (Wildman–Crippen LogP) is 4.95. The Morgan fingerprint density at radius 2 is 1.95 bits per heavy atom. The molecule has 7 nitrogen and oxygen atoms in total. The second-order valence-electron chi connectivity index (χ2n) is 10.2. The summed E-state index contributed by atoms with van der Waals surface area (Å²) < 4.78 is 19.9. The lowest BCUT2D eigenvalue weighted by atomic mass is 9.95. The lowest BCUT2D eigenvalue weighted by Crippen LogP contribution is -2.19. The third kappa shape index (κ3) is 5.49. The highest BCUT2D eigenvalue weighted by molar-refractivity contribution is 7.11. The normalized spacial score (nSPS) is 14.9. The number of nitrogens with zero attached hydrogens (tertiary/aromatic N) is 3. The Labute approximate surface area is 236 Å². The molecule has 0 atom stereocenters. The molecule has 0 bridgehead atoms. The van der Waals surface area contributed by atoms with Gasteiger partial charge in [0.05, 0.1) is 24.3 Å². The van der Waals surface area contributed by atoms with E-state index in [1.807, 2.05) is 44.6 Å². The first-order valence-corrected chi connectivity index (χ1v) is 14.0. The van der Waals surface area contributed by atoms with Gasteiger partial charge in [-0.25, -0.2) is 0 Å². The summed E-state index contributed by atoms with van der Waals surface area (Å²) in [5.41, 5.74) is 16.0. The Hall–Kier alpha value is -4.05. The molecule has 4 aromatic rings. The zero-order valence-electron chi connectivity index (χ0n) is 22.5. The smallest absolute Gasteiger partial charge is 0.176 e. The van der Waals surface area contributed by atoms with Crippen LogP contribution in [-0.4, -0.2) is 54.5 Å². The lowest BCUT2D eigenvalue weighted by molar-refractivity contribution is 0.261. The maximum atomic E-state index is 13.9. The van der Waals surface area contributed by atoms with Crippen LogP contribution in [0.1, 0.15) is 33.0 Å². The summed E-state index contributed by atoms with van der Waals surface area (Å²) in [6, 6.07) is 13.9. The van der Waals surface area contributed by atoms with E-state index in [1.165, 1.54) is 6.07 Å². The van der Waals surface area contributed by atoms with Crippen molar-refractivity contribution in [2.75, 3.05) is 33.9 Å². The monoisotopic (exact) mass is 554 g/mol. The third-order valence-electron chi connectivity index (χ3n) is 7.01. The van der Waals surface area contributed by atoms with Crippen LogP contribution in [0.3, 0.4) is 0 Å². The number of nitrogens with two attached hydrogens (primary N) is 1. The minimum absolute atomic E-state index is 0.211. The molecule has 1 aliphatic heterocycles. The molecule has 4 N–H and O–H groups in total. The fraction of sp³-hybridized carbons (Fsp3) is 0.226. The summed E-state index contributed by atoms with van der Waals surface area (Å²) in [6.07, 6.45) is 8.06. The van der Waals surface area contributed by atoms with E-state index in [-0.39, 0.29) is 5.13 Å². The molecule has 3 aromatic heterocycles. The summed E-state index contributed by atoms with van der Waals surface area (Å²) in [7, 11) is 4.04. The van der Waals surface area contributed by atoms with E-state index in [1.54, 1.807) is 6.20 Å². The number of H-pyrrole nitrogens is 1. The van der Waals surface area contributed by atoms with E-state index in [0.717, 1.165) is 84.7 Å². The number of halogens is 1. The van der Waals surface area contributed by atoms with Crippen LogP contribution < -0.4 is 15.8 Å². The van der Waals surface area contributed by atoms with Gasteiger partial charge in [0.2, 0.25) is 0 Å². The van der Waals surface area contributed by atoms with Crippen molar-refractivity contribution in [2.24, 2.45) is 10.7 Å². The minimum atomic E-state index is -0.211. The van der Waals surface area contributed by atoms with Crippen LogP contribution in [0.25, 0.3) is 16.7 Å². The number of pyridine rings is 1. The topological polar surface area (TPSA) is 91.6 Å². The van der Waals surface area contributed by atoms with Crippen molar-refractivity contribution in [1.82, 2.24) is 20.2 Å². The van der Waals surface area contributed by atoms with Crippen molar-refractivity contribution in [3.63, 3.8) is 0 Å². The molecule has 0 saturated heterocycles. The molecule has 0 radical (unpaired) electrons. The minimum Gasteiger partial charge on any atom is -0.491 e. The van der Waals surface area contributed by atoms with Crippen molar-refractivity contribution < 1.29 is 9.13 Å². The average molecular weight is 555 g/mol. The molecule has 1 aliphatic carbocycles. The summed E-state index contributed by atoms with van der Waals surface area (Å²) in [5, 5.41) is 3.19. The van der Waals surface area contributed by atoms with E-state index >= 15 is 0 Å². The number of hydrogen-bond donors (Lipinski definition) is 3. The van der Waals surface area contributed by atoms with Gasteiger partial charge in [0, 0.05) is 64.2 Å². The van der Waals surface area contributed by atoms with Gasteiger partial charge in [-0.1, -0.05) is 18.2 Å². The first-order chi connectivity index (χ1) is 19.4. The molecular formula is C31H31FN6OS. The van der Waals surface area contributed by atoms with Gasteiger partial charge < -0.3 is 20.4 Å². The van der Waals surface area contributed by atoms with Crippen molar-refractivity contribution in [1.29, 1.82) is 0 Å². The molecule has 0 saturated carbocycles. The van der Waals surface area contributed by atoms with E-state index < -0.39 is 0 Å². The number of rotatable bonds is 7. The first kappa shape index (κ1) is 26.2. The van der Waals surface area contributed by atoms with Crippen LogP contribution in [0.2, 0.25) is 0 Å². The Balaban J connectivity index is 1.37. The van der Waals surface area contributed by atoms with Crippen LogP contribution in [0, 0.1) is 5.13 Å². The highest BCUT2D eigenvalue weighted by atomic mass is 32.1. The molecule has 9 heteroatoms. The Morgan fingerprint density at radius 3 is 2.77 bits per heavy atom. The van der Waals surface area contributed by atoms with Crippen LogP contribution in [0.4, 0.5) is 4.39 Å².